The number of nitrogens with zero attached hydrogens (tertiary/aromatic N) is 8. The van der Waals surface area contributed by atoms with Crippen LogP contribution in [0.5, 0.6) is 0 Å². The fourth-order valence-corrected chi connectivity index (χ4v) is 8.72. The zero-order valence-electron chi connectivity index (χ0n) is 33.1. The standard InChI is InChI=1S/C36H43N11O12P2/c1-18(2)32(49)44-36-43-30-25(34(51)45-36)40-17-46(30)35-28(19(3)23(14-48)57-35)59-61(54-12-8-11-37)55-15-24-27(58-60(52)53)20(4)26(56-24)22-13-38-31-29(39-16-41-47(22)31)42-33(50)21-9-6-5-7-10-21/h5-7,9-10,13,16-20,23-24,26-28,35,48,60H,8,12,14-15H2,1-4H3,(H,52,53)(H,39,41,42,50)(H2,43,44,45,49,51). The van der Waals surface area contributed by atoms with Crippen molar-refractivity contribution >= 4 is 57.2 Å². The average Bonchev–Trinajstić information content (AvgIpc) is 4.01. The molecular weight excluding hydrogens is 840 g/mol. The SMILES string of the molecule is CC(C)C(=O)Nc1nc2c(ncn2C2OC(CO)C(C)C2OP(OCCC#N)OCC2OC(c3cnc4c(NC(=O)c5ccccc5)ncnn34)C(C)C2O[PH](=O)O)c(=O)[nH]1. The van der Waals surface area contributed by atoms with E-state index in [9.17, 15) is 34.2 Å². The van der Waals surface area contributed by atoms with E-state index in [2.05, 4.69) is 40.7 Å². The van der Waals surface area contributed by atoms with Crippen molar-refractivity contribution in [1.82, 2.24) is 39.1 Å². The first-order chi connectivity index (χ1) is 29.4. The number of aromatic nitrogens is 8. The van der Waals surface area contributed by atoms with E-state index in [1.807, 2.05) is 6.07 Å². The molecule has 10 atom stereocenters. The molecule has 25 heteroatoms. The molecule has 2 amide bonds. The number of H-pyrrole nitrogens is 1. The van der Waals surface area contributed by atoms with E-state index >= 15 is 0 Å². The van der Waals surface area contributed by atoms with Gasteiger partial charge in [0.2, 0.25) is 11.9 Å². The molecule has 0 bridgehead atoms. The summed E-state index contributed by atoms with van der Waals surface area (Å²) in [4.78, 5) is 68.1. The van der Waals surface area contributed by atoms with Crippen LogP contribution in [-0.4, -0.2) is 105 Å². The number of carbonyl (C=O) groups excluding carboxylic acids is 2. The normalized spacial score (nSPS) is 24.9. The lowest BCUT2D eigenvalue weighted by Crippen LogP contribution is -2.31. The number of aliphatic hydroxyl groups is 1. The summed E-state index contributed by atoms with van der Waals surface area (Å²) in [5.41, 5.74) is 0.457. The smallest absolute Gasteiger partial charge is 0.333 e. The summed E-state index contributed by atoms with van der Waals surface area (Å²) in [6, 6.07) is 10.6. The van der Waals surface area contributed by atoms with Gasteiger partial charge < -0.3 is 42.9 Å². The van der Waals surface area contributed by atoms with Gasteiger partial charge in [0.15, 0.2) is 28.9 Å². The first kappa shape index (κ1) is 44.0. The molecule has 5 aromatic rings. The highest BCUT2D eigenvalue weighted by molar-refractivity contribution is 7.41. The van der Waals surface area contributed by atoms with Gasteiger partial charge in [-0.1, -0.05) is 45.9 Å². The Hall–Kier alpha value is -5.11. The maximum atomic E-state index is 13.0. The van der Waals surface area contributed by atoms with E-state index in [0.717, 1.165) is 0 Å². The zero-order chi connectivity index (χ0) is 43.4. The van der Waals surface area contributed by atoms with Gasteiger partial charge in [0.05, 0.1) is 56.6 Å². The van der Waals surface area contributed by atoms with E-state index in [0.29, 0.717) is 11.3 Å². The lowest BCUT2D eigenvalue weighted by atomic mass is 9.97. The van der Waals surface area contributed by atoms with Crippen molar-refractivity contribution in [2.75, 3.05) is 30.5 Å². The number of imidazole rings is 2. The molecule has 2 saturated heterocycles. The first-order valence-electron chi connectivity index (χ1n) is 19.1. The lowest BCUT2D eigenvalue weighted by molar-refractivity contribution is -0.118. The third-order valence-electron chi connectivity index (χ3n) is 10.1. The molecule has 0 spiro atoms. The number of nitriles is 1. The van der Waals surface area contributed by atoms with Crippen LogP contribution in [0.25, 0.3) is 16.8 Å². The fourth-order valence-electron chi connectivity index (χ4n) is 6.92. The number of amides is 2. The molecule has 2 aliphatic rings. The molecule has 324 valence electrons. The summed E-state index contributed by atoms with van der Waals surface area (Å²) in [6.07, 6.45) is -1.47. The predicted molar refractivity (Wildman–Crippen MR) is 214 cm³/mol. The quantitative estimate of drug-likeness (QED) is 0.0662. The molecule has 0 saturated carbocycles. The number of benzene rings is 1. The van der Waals surface area contributed by atoms with E-state index in [-0.39, 0.29) is 54.1 Å². The number of anilines is 2. The highest BCUT2D eigenvalue weighted by atomic mass is 31.2. The van der Waals surface area contributed by atoms with Crippen LogP contribution in [-0.2, 0) is 36.9 Å². The summed E-state index contributed by atoms with van der Waals surface area (Å²) in [5, 5.41) is 29.2. The maximum absolute atomic E-state index is 13.0. The van der Waals surface area contributed by atoms with Gasteiger partial charge in [0.1, 0.15) is 30.7 Å². The number of carbonyl (C=O) groups is 2. The number of ether oxygens (including phenoxy) is 2. The van der Waals surface area contributed by atoms with Crippen molar-refractivity contribution in [2.24, 2.45) is 17.8 Å². The molecule has 23 nitrogen and oxygen atoms in total. The largest absolute Gasteiger partial charge is 0.394 e. The Bertz CT molecular complexity index is 2480. The Balaban J connectivity index is 1.12. The van der Waals surface area contributed by atoms with Gasteiger partial charge in [0.25, 0.3) is 11.5 Å². The van der Waals surface area contributed by atoms with Gasteiger partial charge in [-0.05, 0) is 12.1 Å². The van der Waals surface area contributed by atoms with Gasteiger partial charge in [-0.15, -0.1) is 0 Å². The van der Waals surface area contributed by atoms with Crippen LogP contribution in [0.3, 0.4) is 0 Å². The van der Waals surface area contributed by atoms with Crippen LogP contribution in [0, 0.1) is 29.1 Å². The number of rotatable bonds is 17. The molecule has 6 heterocycles. The molecule has 4 aromatic heterocycles. The van der Waals surface area contributed by atoms with E-state index in [1.165, 1.54) is 27.9 Å². The second-order valence-electron chi connectivity index (χ2n) is 14.5. The molecular formula is C36H43N11O12P2. The average molecular weight is 884 g/mol. The maximum Gasteiger partial charge on any atom is 0.333 e. The first-order valence-corrected chi connectivity index (χ1v) is 21.5. The Morgan fingerprint density at radius 3 is 2.57 bits per heavy atom. The summed E-state index contributed by atoms with van der Waals surface area (Å²) < 4.78 is 51.8. The topological polar surface area (TPSA) is 302 Å². The number of aliphatic hydroxyl groups excluding tert-OH is 1. The number of aromatic amines is 1. The van der Waals surface area contributed by atoms with Crippen LogP contribution in [0.15, 0.2) is 54.0 Å². The van der Waals surface area contributed by atoms with Gasteiger partial charge in [-0.3, -0.25) is 33.8 Å². The summed E-state index contributed by atoms with van der Waals surface area (Å²) in [7, 11) is -5.83. The monoisotopic (exact) mass is 883 g/mol. The number of hydrogen-bond acceptors (Lipinski definition) is 17. The van der Waals surface area contributed by atoms with Crippen LogP contribution >= 0.6 is 16.9 Å². The Kier molecular flexibility index (Phi) is 13.9. The molecule has 0 aliphatic carbocycles. The second-order valence-corrected chi connectivity index (χ2v) is 16.4. The second kappa shape index (κ2) is 19.3. The van der Waals surface area contributed by atoms with Crippen molar-refractivity contribution in [1.29, 1.82) is 5.26 Å². The summed E-state index contributed by atoms with van der Waals surface area (Å²) in [5.74, 6) is -2.24. The zero-order valence-corrected chi connectivity index (χ0v) is 35.0. The minimum atomic E-state index is -3.50. The third kappa shape index (κ3) is 9.54. The molecule has 2 fully saturated rings. The third-order valence-corrected chi connectivity index (χ3v) is 11.8. The molecule has 10 unspecified atom stereocenters. The minimum absolute atomic E-state index is 0.0180. The molecule has 61 heavy (non-hydrogen) atoms. The summed E-state index contributed by atoms with van der Waals surface area (Å²) >= 11 is 0. The van der Waals surface area contributed by atoms with Crippen LogP contribution in [0.1, 0.15) is 62.5 Å². The highest BCUT2D eigenvalue weighted by Crippen LogP contribution is 2.50. The van der Waals surface area contributed by atoms with Crippen molar-refractivity contribution in [2.45, 2.75) is 70.9 Å². The lowest BCUT2D eigenvalue weighted by Gasteiger charge is -2.27. The van der Waals surface area contributed by atoms with E-state index in [1.54, 1.807) is 58.0 Å². The predicted octanol–water partition coefficient (Wildman–Crippen LogP) is 3.03. The highest BCUT2D eigenvalue weighted by Gasteiger charge is 2.48. The molecule has 2 aliphatic heterocycles. The van der Waals surface area contributed by atoms with Crippen LogP contribution < -0.4 is 16.2 Å². The van der Waals surface area contributed by atoms with Crippen molar-refractivity contribution in [3.8, 4) is 6.07 Å². The molecule has 0 radical (unpaired) electrons. The van der Waals surface area contributed by atoms with Gasteiger partial charge in [-0.2, -0.15) is 15.3 Å². The minimum Gasteiger partial charge on any atom is -0.394 e. The van der Waals surface area contributed by atoms with Crippen molar-refractivity contribution < 1.29 is 51.7 Å². The Morgan fingerprint density at radius 1 is 1.07 bits per heavy atom. The number of fused-ring (bicyclic) bond motifs is 2. The summed E-state index contributed by atoms with van der Waals surface area (Å²) in [6.45, 7) is 6.11. The Labute approximate surface area is 348 Å². The fraction of sp³-hybridized carbons (Fsp3) is 0.472. The Morgan fingerprint density at radius 2 is 1.85 bits per heavy atom. The van der Waals surface area contributed by atoms with Crippen LogP contribution in [0.4, 0.5) is 11.8 Å². The van der Waals surface area contributed by atoms with Crippen LogP contribution in [0.2, 0.25) is 0 Å². The molecule has 5 N–H and O–H groups in total. The van der Waals surface area contributed by atoms with Gasteiger partial charge in [0, 0.05) is 23.3 Å². The van der Waals surface area contributed by atoms with Gasteiger partial charge >= 0.3 is 16.9 Å². The molecule has 1 aromatic carbocycles. The number of hydrogen-bond donors (Lipinski definition) is 5. The van der Waals surface area contributed by atoms with Gasteiger partial charge in [-0.25, -0.2) is 19.5 Å². The van der Waals surface area contributed by atoms with E-state index in [4.69, 9.17) is 27.6 Å². The number of nitrogens with one attached hydrogen (secondary N) is 3. The van der Waals surface area contributed by atoms with Crippen molar-refractivity contribution in [3.63, 3.8) is 0 Å². The van der Waals surface area contributed by atoms with E-state index < -0.39 is 89.4 Å². The van der Waals surface area contributed by atoms with Crippen molar-refractivity contribution in [3.05, 3.63) is 70.8 Å². The molecule has 7 rings (SSSR count).